The van der Waals surface area contributed by atoms with Crippen LogP contribution in [0.5, 0.6) is 5.75 Å². The highest BCUT2D eigenvalue weighted by atomic mass is 16.5. The van der Waals surface area contributed by atoms with Crippen LogP contribution in [0.15, 0.2) is 24.3 Å². The van der Waals surface area contributed by atoms with Gasteiger partial charge in [0.25, 0.3) is 0 Å². The molecule has 1 unspecified atom stereocenters. The Morgan fingerprint density at radius 3 is 2.25 bits per heavy atom. The summed E-state index contributed by atoms with van der Waals surface area (Å²) in [6.45, 7) is 2.27. The Morgan fingerprint density at radius 2 is 1.65 bits per heavy atom. The quantitative estimate of drug-likeness (QED) is 0.598. The Kier molecular flexibility index (Phi) is 9.14. The molecule has 1 rings (SSSR count). The van der Waals surface area contributed by atoms with Crippen LogP contribution >= 0.6 is 0 Å². The molecule has 2 nitrogen and oxygen atoms in total. The summed E-state index contributed by atoms with van der Waals surface area (Å²) in [7, 11) is 3.79. The largest absolute Gasteiger partial charge is 0.497 e. The molecule has 0 aliphatic carbocycles. The Bertz CT molecular complexity index is 334. The van der Waals surface area contributed by atoms with Gasteiger partial charge in [0.2, 0.25) is 0 Å². The summed E-state index contributed by atoms with van der Waals surface area (Å²) in [5, 5.41) is 3.45. The zero-order valence-electron chi connectivity index (χ0n) is 13.5. The fourth-order valence-corrected chi connectivity index (χ4v) is 2.57. The van der Waals surface area contributed by atoms with E-state index in [9.17, 15) is 0 Å². The molecule has 0 fully saturated rings. The van der Waals surface area contributed by atoms with Crippen molar-refractivity contribution in [3.63, 3.8) is 0 Å². The summed E-state index contributed by atoms with van der Waals surface area (Å²) in [6, 6.07) is 9.03. The Hall–Kier alpha value is -1.02. The first-order valence-corrected chi connectivity index (χ1v) is 8.10. The first kappa shape index (κ1) is 17.0. The number of likely N-dealkylation sites (N-methyl/N-ethyl adjacent to an activating group) is 1. The smallest absolute Gasteiger partial charge is 0.118 e. The summed E-state index contributed by atoms with van der Waals surface area (Å²) < 4.78 is 5.20. The average molecular weight is 277 g/mol. The minimum absolute atomic E-state index is 0.592. The second-order valence-corrected chi connectivity index (χ2v) is 5.59. The maximum atomic E-state index is 5.20. The van der Waals surface area contributed by atoms with Crippen LogP contribution in [0.1, 0.15) is 57.4 Å². The van der Waals surface area contributed by atoms with Crippen molar-refractivity contribution < 1.29 is 4.74 Å². The third kappa shape index (κ3) is 6.95. The molecule has 0 radical (unpaired) electrons. The molecule has 1 aromatic rings. The van der Waals surface area contributed by atoms with Crippen LogP contribution in [-0.4, -0.2) is 20.2 Å². The normalized spacial score (nSPS) is 12.3. The summed E-state index contributed by atoms with van der Waals surface area (Å²) in [4.78, 5) is 0. The number of unbranched alkanes of at least 4 members (excludes halogenated alkanes) is 5. The fourth-order valence-electron chi connectivity index (χ4n) is 2.57. The fraction of sp³-hybridized carbons (Fsp3) is 0.667. The van der Waals surface area contributed by atoms with E-state index in [0.29, 0.717) is 6.04 Å². The number of ether oxygens (including phenoxy) is 1. The molecule has 2 heteroatoms. The molecule has 0 bridgehead atoms. The SMILES string of the molecule is CCCCCCCCC(Cc1ccc(OC)cc1)NC. The summed E-state index contributed by atoms with van der Waals surface area (Å²) in [5.74, 6) is 0.936. The molecule has 1 aromatic carbocycles. The Balaban J connectivity index is 2.24. The molecule has 0 heterocycles. The van der Waals surface area contributed by atoms with E-state index >= 15 is 0 Å². The van der Waals surface area contributed by atoms with Gasteiger partial charge in [-0.3, -0.25) is 0 Å². The van der Waals surface area contributed by atoms with Gasteiger partial charge in [-0.2, -0.15) is 0 Å². The summed E-state index contributed by atoms with van der Waals surface area (Å²) in [6.07, 6.45) is 10.6. The topological polar surface area (TPSA) is 21.3 Å². The van der Waals surface area contributed by atoms with Crippen molar-refractivity contribution in [2.24, 2.45) is 0 Å². The van der Waals surface area contributed by atoms with Gasteiger partial charge in [-0.15, -0.1) is 0 Å². The van der Waals surface area contributed by atoms with Gasteiger partial charge < -0.3 is 10.1 Å². The zero-order chi connectivity index (χ0) is 14.6. The second-order valence-electron chi connectivity index (χ2n) is 5.59. The maximum Gasteiger partial charge on any atom is 0.118 e. The summed E-state index contributed by atoms with van der Waals surface area (Å²) in [5.41, 5.74) is 1.39. The molecule has 0 saturated heterocycles. The van der Waals surface area contributed by atoms with Crippen molar-refractivity contribution in [1.82, 2.24) is 5.32 Å². The Morgan fingerprint density at radius 1 is 1.00 bits per heavy atom. The highest BCUT2D eigenvalue weighted by Crippen LogP contribution is 2.15. The van der Waals surface area contributed by atoms with Gasteiger partial charge in [0, 0.05) is 6.04 Å². The molecule has 0 aliphatic heterocycles. The van der Waals surface area contributed by atoms with Gasteiger partial charge in [0.05, 0.1) is 7.11 Å². The van der Waals surface area contributed by atoms with E-state index < -0.39 is 0 Å². The van der Waals surface area contributed by atoms with Gasteiger partial charge >= 0.3 is 0 Å². The lowest BCUT2D eigenvalue weighted by Crippen LogP contribution is -2.27. The molecule has 0 spiro atoms. The van der Waals surface area contributed by atoms with Crippen molar-refractivity contribution in [2.45, 2.75) is 64.3 Å². The van der Waals surface area contributed by atoms with Crippen molar-refractivity contribution in [1.29, 1.82) is 0 Å². The van der Waals surface area contributed by atoms with Crippen LogP contribution in [0, 0.1) is 0 Å². The highest BCUT2D eigenvalue weighted by Gasteiger charge is 2.07. The number of rotatable bonds is 11. The van der Waals surface area contributed by atoms with Crippen LogP contribution in [0.2, 0.25) is 0 Å². The van der Waals surface area contributed by atoms with Crippen LogP contribution in [0.4, 0.5) is 0 Å². The molecule has 0 saturated carbocycles. The molecule has 114 valence electrons. The highest BCUT2D eigenvalue weighted by molar-refractivity contribution is 5.27. The number of methoxy groups -OCH3 is 1. The third-order valence-corrected chi connectivity index (χ3v) is 3.96. The monoisotopic (exact) mass is 277 g/mol. The van der Waals surface area contributed by atoms with E-state index in [-0.39, 0.29) is 0 Å². The van der Waals surface area contributed by atoms with E-state index in [4.69, 9.17) is 4.74 Å². The van der Waals surface area contributed by atoms with E-state index in [2.05, 4.69) is 31.4 Å². The molecule has 0 aliphatic rings. The molecular formula is C18H31NO. The van der Waals surface area contributed by atoms with E-state index in [1.54, 1.807) is 7.11 Å². The van der Waals surface area contributed by atoms with E-state index in [1.807, 2.05) is 12.1 Å². The molecule has 0 amide bonds. The first-order valence-electron chi connectivity index (χ1n) is 8.10. The molecule has 1 N–H and O–H groups in total. The third-order valence-electron chi connectivity index (χ3n) is 3.96. The predicted octanol–water partition coefficient (Wildman–Crippen LogP) is 4.58. The van der Waals surface area contributed by atoms with Gasteiger partial charge in [0.15, 0.2) is 0 Å². The van der Waals surface area contributed by atoms with Crippen LogP contribution in [-0.2, 0) is 6.42 Å². The lowest BCUT2D eigenvalue weighted by atomic mass is 9.99. The maximum absolute atomic E-state index is 5.20. The predicted molar refractivity (Wildman–Crippen MR) is 87.5 cm³/mol. The van der Waals surface area contributed by atoms with Gasteiger partial charge in [0.1, 0.15) is 5.75 Å². The summed E-state index contributed by atoms with van der Waals surface area (Å²) >= 11 is 0. The lowest BCUT2D eigenvalue weighted by molar-refractivity contribution is 0.414. The average Bonchev–Trinajstić information content (AvgIpc) is 2.50. The number of nitrogens with one attached hydrogen (secondary N) is 1. The number of benzene rings is 1. The zero-order valence-corrected chi connectivity index (χ0v) is 13.5. The minimum Gasteiger partial charge on any atom is -0.497 e. The molecule has 20 heavy (non-hydrogen) atoms. The van der Waals surface area contributed by atoms with Gasteiger partial charge in [-0.1, -0.05) is 57.6 Å². The first-order chi connectivity index (χ1) is 9.80. The minimum atomic E-state index is 0.592. The molecule has 1 atom stereocenters. The lowest BCUT2D eigenvalue weighted by Gasteiger charge is -2.16. The van der Waals surface area contributed by atoms with Crippen LogP contribution in [0.25, 0.3) is 0 Å². The van der Waals surface area contributed by atoms with Crippen LogP contribution < -0.4 is 10.1 Å². The Labute approximate surface area is 124 Å². The standard InChI is InChI=1S/C18H31NO/c1-4-5-6-7-8-9-10-17(19-2)15-16-11-13-18(20-3)14-12-16/h11-14,17,19H,4-10,15H2,1-3H3. The van der Waals surface area contributed by atoms with Crippen LogP contribution in [0.3, 0.4) is 0 Å². The van der Waals surface area contributed by atoms with Gasteiger partial charge in [-0.05, 0) is 37.6 Å². The van der Waals surface area contributed by atoms with Crippen molar-refractivity contribution in [3.8, 4) is 5.75 Å². The van der Waals surface area contributed by atoms with Crippen molar-refractivity contribution in [3.05, 3.63) is 29.8 Å². The van der Waals surface area contributed by atoms with Crippen molar-refractivity contribution in [2.75, 3.05) is 14.2 Å². The van der Waals surface area contributed by atoms with Gasteiger partial charge in [-0.25, -0.2) is 0 Å². The van der Waals surface area contributed by atoms with E-state index in [0.717, 1.165) is 12.2 Å². The molecule has 0 aromatic heterocycles. The second kappa shape index (κ2) is 10.7. The number of hydrogen-bond donors (Lipinski definition) is 1. The number of hydrogen-bond acceptors (Lipinski definition) is 2. The van der Waals surface area contributed by atoms with E-state index in [1.165, 1.54) is 50.5 Å². The molecular weight excluding hydrogens is 246 g/mol. The van der Waals surface area contributed by atoms with Crippen molar-refractivity contribution >= 4 is 0 Å².